The van der Waals surface area contributed by atoms with Crippen molar-refractivity contribution in [3.05, 3.63) is 34.2 Å². The molecule has 0 bridgehead atoms. The van der Waals surface area contributed by atoms with Crippen molar-refractivity contribution in [2.24, 2.45) is 5.41 Å². The number of pyridine rings is 1. The lowest BCUT2D eigenvalue weighted by Crippen LogP contribution is -2.27. The first-order chi connectivity index (χ1) is 9.17. The molecule has 20 heavy (non-hydrogen) atoms. The molecule has 1 rings (SSSR count). The molecule has 0 atom stereocenters. The van der Waals surface area contributed by atoms with Crippen molar-refractivity contribution < 1.29 is 13.2 Å². The van der Waals surface area contributed by atoms with Crippen LogP contribution in [0.1, 0.15) is 38.8 Å². The molecule has 0 saturated heterocycles. The summed E-state index contributed by atoms with van der Waals surface area (Å²) in [5.74, 6) is 0. The number of alkyl halides is 3. The van der Waals surface area contributed by atoms with Crippen molar-refractivity contribution in [3.63, 3.8) is 0 Å². The molecule has 6 heteroatoms. The van der Waals surface area contributed by atoms with Crippen LogP contribution in [0, 0.1) is 16.7 Å². The largest absolute Gasteiger partial charge is 0.431 e. The SMILES string of the molecule is CC(C)(C#N)CCCCn1c(C(F)(F)F)cccc1=O. The van der Waals surface area contributed by atoms with Gasteiger partial charge in [0, 0.05) is 12.6 Å². The molecule has 0 aliphatic rings. The number of rotatable bonds is 5. The van der Waals surface area contributed by atoms with E-state index >= 15 is 0 Å². The maximum atomic E-state index is 12.8. The number of hydrogen-bond donors (Lipinski definition) is 0. The van der Waals surface area contributed by atoms with Crippen molar-refractivity contribution in [2.45, 2.75) is 45.8 Å². The summed E-state index contributed by atoms with van der Waals surface area (Å²) in [6.07, 6.45) is -2.92. The molecule has 0 spiro atoms. The van der Waals surface area contributed by atoms with Gasteiger partial charge in [0.15, 0.2) is 0 Å². The quantitative estimate of drug-likeness (QED) is 0.776. The lowest BCUT2D eigenvalue weighted by molar-refractivity contribution is -0.144. The minimum Gasteiger partial charge on any atom is -0.304 e. The van der Waals surface area contributed by atoms with Crippen molar-refractivity contribution in [3.8, 4) is 6.07 Å². The van der Waals surface area contributed by atoms with Crippen LogP contribution in [-0.2, 0) is 12.7 Å². The van der Waals surface area contributed by atoms with Gasteiger partial charge in [-0.3, -0.25) is 4.79 Å². The predicted molar refractivity (Wildman–Crippen MR) is 68.9 cm³/mol. The number of nitriles is 1. The molecule has 110 valence electrons. The smallest absolute Gasteiger partial charge is 0.304 e. The Labute approximate surface area is 115 Å². The summed E-state index contributed by atoms with van der Waals surface area (Å²) < 4.78 is 39.1. The number of aromatic nitrogens is 1. The minimum atomic E-state index is -4.54. The fraction of sp³-hybridized carbons (Fsp3) is 0.571. The summed E-state index contributed by atoms with van der Waals surface area (Å²) in [5.41, 5.74) is -2.07. The van der Waals surface area contributed by atoms with Crippen LogP contribution in [0.3, 0.4) is 0 Å². The molecule has 0 amide bonds. The second-order valence-corrected chi connectivity index (χ2v) is 5.35. The van der Waals surface area contributed by atoms with Crippen molar-refractivity contribution >= 4 is 0 Å². The first-order valence-electron chi connectivity index (χ1n) is 6.36. The molecule has 1 aromatic rings. The molecule has 0 unspecified atom stereocenters. The Hall–Kier alpha value is -1.77. The summed E-state index contributed by atoms with van der Waals surface area (Å²) in [6.45, 7) is 3.57. The Bertz CT molecular complexity index is 553. The van der Waals surface area contributed by atoms with E-state index in [0.29, 0.717) is 19.3 Å². The molecule has 0 aromatic carbocycles. The highest BCUT2D eigenvalue weighted by Gasteiger charge is 2.33. The van der Waals surface area contributed by atoms with Crippen LogP contribution in [0.4, 0.5) is 13.2 Å². The van der Waals surface area contributed by atoms with Crippen molar-refractivity contribution in [2.75, 3.05) is 0 Å². The molecular formula is C14H17F3N2O. The zero-order valence-electron chi connectivity index (χ0n) is 11.5. The van der Waals surface area contributed by atoms with Crippen LogP contribution in [0.25, 0.3) is 0 Å². The number of halogens is 3. The van der Waals surface area contributed by atoms with Crippen LogP contribution < -0.4 is 5.56 Å². The summed E-state index contributed by atoms with van der Waals surface area (Å²) >= 11 is 0. The molecule has 1 aromatic heterocycles. The standard InChI is InChI=1S/C14H17F3N2O/c1-13(2,10-18)8-3-4-9-19-11(14(15,16)17)6-5-7-12(19)20/h5-7H,3-4,8-9H2,1-2H3. The van der Waals surface area contributed by atoms with Crippen LogP contribution in [0.15, 0.2) is 23.0 Å². The lowest BCUT2D eigenvalue weighted by atomic mass is 9.89. The van der Waals surface area contributed by atoms with Crippen LogP contribution in [0.2, 0.25) is 0 Å². The van der Waals surface area contributed by atoms with Gasteiger partial charge in [-0.1, -0.05) is 12.5 Å². The average Bonchev–Trinajstić information content (AvgIpc) is 2.34. The monoisotopic (exact) mass is 286 g/mol. The van der Waals surface area contributed by atoms with Gasteiger partial charge in [-0.25, -0.2) is 0 Å². The number of unbranched alkanes of at least 4 members (excludes halogenated alkanes) is 1. The fourth-order valence-electron chi connectivity index (χ4n) is 1.89. The van der Waals surface area contributed by atoms with Gasteiger partial charge in [0.1, 0.15) is 5.69 Å². The van der Waals surface area contributed by atoms with E-state index < -0.39 is 22.8 Å². The molecular weight excluding hydrogens is 269 g/mol. The van der Waals surface area contributed by atoms with Gasteiger partial charge in [-0.2, -0.15) is 18.4 Å². The van der Waals surface area contributed by atoms with Crippen LogP contribution in [-0.4, -0.2) is 4.57 Å². The normalized spacial score (nSPS) is 12.2. The zero-order chi connectivity index (χ0) is 15.4. The van der Waals surface area contributed by atoms with E-state index in [2.05, 4.69) is 6.07 Å². The van der Waals surface area contributed by atoms with Crippen molar-refractivity contribution in [1.29, 1.82) is 5.26 Å². The van der Waals surface area contributed by atoms with Gasteiger partial charge in [0.2, 0.25) is 0 Å². The molecule has 0 saturated carbocycles. The summed E-state index contributed by atoms with van der Waals surface area (Å²) in [6, 6.07) is 5.27. The molecule has 0 N–H and O–H groups in total. The fourth-order valence-corrected chi connectivity index (χ4v) is 1.89. The number of hydrogen-bond acceptors (Lipinski definition) is 2. The highest BCUT2D eigenvalue weighted by molar-refractivity contribution is 5.10. The van der Waals surface area contributed by atoms with E-state index in [4.69, 9.17) is 5.26 Å². The Morgan fingerprint density at radius 1 is 1.25 bits per heavy atom. The first kappa shape index (κ1) is 16.3. The summed E-state index contributed by atoms with van der Waals surface area (Å²) in [4.78, 5) is 11.5. The van der Waals surface area contributed by atoms with E-state index in [1.807, 2.05) is 0 Å². The summed E-state index contributed by atoms with van der Waals surface area (Å²) in [7, 11) is 0. The Morgan fingerprint density at radius 3 is 2.45 bits per heavy atom. The second kappa shape index (κ2) is 6.12. The zero-order valence-corrected chi connectivity index (χ0v) is 11.5. The van der Waals surface area contributed by atoms with Crippen LogP contribution in [0.5, 0.6) is 0 Å². The van der Waals surface area contributed by atoms with Crippen molar-refractivity contribution in [1.82, 2.24) is 4.57 Å². The van der Waals surface area contributed by atoms with Crippen LogP contribution >= 0.6 is 0 Å². The highest BCUT2D eigenvalue weighted by atomic mass is 19.4. The third-order valence-corrected chi connectivity index (χ3v) is 3.08. The number of nitrogens with zero attached hydrogens (tertiary/aromatic N) is 2. The first-order valence-corrected chi connectivity index (χ1v) is 6.36. The third kappa shape index (κ3) is 4.41. The molecule has 0 aliphatic carbocycles. The van der Waals surface area contributed by atoms with Gasteiger partial charge >= 0.3 is 6.18 Å². The maximum Gasteiger partial charge on any atom is 0.431 e. The van der Waals surface area contributed by atoms with Gasteiger partial charge in [-0.05, 0) is 32.8 Å². The average molecular weight is 286 g/mol. The Morgan fingerprint density at radius 2 is 1.90 bits per heavy atom. The second-order valence-electron chi connectivity index (χ2n) is 5.35. The molecule has 3 nitrogen and oxygen atoms in total. The minimum absolute atomic E-state index is 0.00995. The van der Waals surface area contributed by atoms with Gasteiger partial charge in [0.25, 0.3) is 5.56 Å². The summed E-state index contributed by atoms with van der Waals surface area (Å²) in [5, 5.41) is 8.85. The van der Waals surface area contributed by atoms with E-state index in [1.54, 1.807) is 13.8 Å². The highest BCUT2D eigenvalue weighted by Crippen LogP contribution is 2.28. The van der Waals surface area contributed by atoms with E-state index in [0.717, 1.165) is 22.8 Å². The molecule has 1 heterocycles. The molecule has 0 fully saturated rings. The van der Waals surface area contributed by atoms with Gasteiger partial charge in [0.05, 0.1) is 11.5 Å². The van der Waals surface area contributed by atoms with Gasteiger partial charge < -0.3 is 4.57 Å². The Kier molecular flexibility index (Phi) is 4.98. The van der Waals surface area contributed by atoms with E-state index in [1.165, 1.54) is 0 Å². The third-order valence-electron chi connectivity index (χ3n) is 3.08. The maximum absolute atomic E-state index is 12.8. The Balaban J connectivity index is 2.75. The molecule has 0 aliphatic heterocycles. The van der Waals surface area contributed by atoms with E-state index in [9.17, 15) is 18.0 Å². The lowest BCUT2D eigenvalue weighted by Gasteiger charge is -2.17. The topological polar surface area (TPSA) is 45.8 Å². The van der Waals surface area contributed by atoms with E-state index in [-0.39, 0.29) is 6.54 Å². The van der Waals surface area contributed by atoms with Gasteiger partial charge in [-0.15, -0.1) is 0 Å². The molecule has 0 radical (unpaired) electrons. The predicted octanol–water partition coefficient (Wildman–Crippen LogP) is 3.59.